The molecule has 0 radical (unpaired) electrons. The molecule has 0 heterocycles. The smallest absolute Gasteiger partial charge is 0.0406 e. The summed E-state index contributed by atoms with van der Waals surface area (Å²) in [6.45, 7) is 2.23. The minimum atomic E-state index is 0.635. The van der Waals surface area contributed by atoms with E-state index in [2.05, 4.69) is 24.4 Å². The van der Waals surface area contributed by atoms with Gasteiger partial charge in [0.05, 0.1) is 0 Å². The molecule has 1 aromatic rings. The second kappa shape index (κ2) is 7.99. The van der Waals surface area contributed by atoms with Crippen LogP contribution in [0.3, 0.4) is 0 Å². The predicted molar refractivity (Wildman–Crippen MR) is 75.4 cm³/mol. The molecule has 0 fully saturated rings. The average Bonchev–Trinajstić information content (AvgIpc) is 2.31. The summed E-state index contributed by atoms with van der Waals surface area (Å²) < 4.78 is 0. The summed E-state index contributed by atoms with van der Waals surface area (Å²) in [5.41, 5.74) is 1.36. The Balaban J connectivity index is 2.09. The second-order valence-corrected chi connectivity index (χ2v) is 5.55. The van der Waals surface area contributed by atoms with Crippen LogP contribution in [0.2, 0.25) is 5.02 Å². The Labute approximate surface area is 108 Å². The van der Waals surface area contributed by atoms with E-state index in [-0.39, 0.29) is 0 Å². The van der Waals surface area contributed by atoms with Gasteiger partial charge in [-0.25, -0.2) is 0 Å². The lowest BCUT2D eigenvalue weighted by Crippen LogP contribution is -2.20. The van der Waals surface area contributed by atoms with Gasteiger partial charge in [-0.05, 0) is 50.3 Å². The molecule has 3 heteroatoms. The first kappa shape index (κ1) is 13.9. The fourth-order valence-electron chi connectivity index (χ4n) is 1.41. The normalized spacial score (nSPS) is 12.7. The van der Waals surface area contributed by atoms with Crippen LogP contribution in [0, 0.1) is 0 Å². The number of hydrogen-bond donors (Lipinski definition) is 1. The third-order valence-electron chi connectivity index (χ3n) is 2.60. The number of benzene rings is 1. The van der Waals surface area contributed by atoms with E-state index in [1.54, 1.807) is 0 Å². The second-order valence-electron chi connectivity index (χ2n) is 4.01. The molecule has 0 bridgehead atoms. The maximum Gasteiger partial charge on any atom is 0.0406 e. The van der Waals surface area contributed by atoms with Crippen molar-refractivity contribution in [2.75, 3.05) is 12.8 Å². The largest absolute Gasteiger partial charge is 0.317 e. The third-order valence-corrected chi connectivity index (χ3v) is 3.97. The zero-order valence-corrected chi connectivity index (χ0v) is 11.6. The molecule has 1 N–H and O–H groups in total. The minimum absolute atomic E-state index is 0.635. The molecule has 90 valence electrons. The molecule has 0 amide bonds. The first-order valence-electron chi connectivity index (χ1n) is 5.72. The highest BCUT2D eigenvalue weighted by Gasteiger charge is 1.98. The molecule has 0 aromatic heterocycles. The number of halogens is 1. The Morgan fingerprint density at radius 1 is 1.31 bits per heavy atom. The summed E-state index contributed by atoms with van der Waals surface area (Å²) >= 11 is 7.83. The van der Waals surface area contributed by atoms with E-state index in [1.807, 2.05) is 30.9 Å². The van der Waals surface area contributed by atoms with Crippen molar-refractivity contribution in [3.05, 3.63) is 34.9 Å². The Hall–Kier alpha value is -0.180. The topological polar surface area (TPSA) is 12.0 Å². The van der Waals surface area contributed by atoms with Gasteiger partial charge < -0.3 is 5.32 Å². The Morgan fingerprint density at radius 2 is 2.00 bits per heavy atom. The Morgan fingerprint density at radius 3 is 2.62 bits per heavy atom. The van der Waals surface area contributed by atoms with Gasteiger partial charge in [-0.15, -0.1) is 0 Å². The van der Waals surface area contributed by atoms with Crippen LogP contribution < -0.4 is 5.32 Å². The first-order valence-corrected chi connectivity index (χ1v) is 7.25. The van der Waals surface area contributed by atoms with Crippen molar-refractivity contribution in [2.24, 2.45) is 0 Å². The van der Waals surface area contributed by atoms with Crippen molar-refractivity contribution in [3.63, 3.8) is 0 Å². The number of thioether (sulfide) groups is 1. The molecule has 1 nitrogen and oxygen atoms in total. The average molecular weight is 258 g/mol. The third kappa shape index (κ3) is 5.78. The van der Waals surface area contributed by atoms with Crippen LogP contribution >= 0.6 is 23.4 Å². The molecule has 0 aliphatic carbocycles. The van der Waals surface area contributed by atoms with Crippen molar-refractivity contribution in [3.8, 4) is 0 Å². The number of rotatable bonds is 7. The van der Waals surface area contributed by atoms with E-state index in [9.17, 15) is 0 Å². The SMILES string of the molecule is CNC(C)CCCSCc1ccc(Cl)cc1. The minimum Gasteiger partial charge on any atom is -0.317 e. The monoisotopic (exact) mass is 257 g/mol. The van der Waals surface area contributed by atoms with Crippen LogP contribution in [0.4, 0.5) is 0 Å². The van der Waals surface area contributed by atoms with Crippen molar-refractivity contribution in [2.45, 2.75) is 31.6 Å². The van der Waals surface area contributed by atoms with Crippen molar-refractivity contribution >= 4 is 23.4 Å². The van der Waals surface area contributed by atoms with Crippen molar-refractivity contribution in [1.29, 1.82) is 0 Å². The number of nitrogens with one attached hydrogen (secondary N) is 1. The van der Waals surface area contributed by atoms with E-state index >= 15 is 0 Å². The van der Waals surface area contributed by atoms with Crippen LogP contribution in [0.15, 0.2) is 24.3 Å². The highest BCUT2D eigenvalue weighted by Crippen LogP contribution is 2.16. The van der Waals surface area contributed by atoms with Gasteiger partial charge in [-0.2, -0.15) is 11.8 Å². The lowest BCUT2D eigenvalue weighted by molar-refractivity contribution is 0.559. The lowest BCUT2D eigenvalue weighted by atomic mass is 10.2. The first-order chi connectivity index (χ1) is 7.72. The summed E-state index contributed by atoms with van der Waals surface area (Å²) in [6.07, 6.45) is 2.53. The Bertz CT molecular complexity index is 286. The van der Waals surface area contributed by atoms with Crippen LogP contribution in [-0.4, -0.2) is 18.8 Å². The van der Waals surface area contributed by atoms with E-state index in [0.29, 0.717) is 6.04 Å². The molecule has 0 aliphatic heterocycles. The lowest BCUT2D eigenvalue weighted by Gasteiger charge is -2.09. The molecule has 16 heavy (non-hydrogen) atoms. The van der Waals surface area contributed by atoms with Gasteiger partial charge >= 0.3 is 0 Å². The molecular weight excluding hydrogens is 238 g/mol. The zero-order chi connectivity index (χ0) is 11.8. The Kier molecular flexibility index (Phi) is 6.93. The van der Waals surface area contributed by atoms with Crippen LogP contribution in [0.25, 0.3) is 0 Å². The maximum atomic E-state index is 5.83. The molecule has 0 spiro atoms. The quantitative estimate of drug-likeness (QED) is 0.742. The molecule has 0 saturated carbocycles. The van der Waals surface area contributed by atoms with Gasteiger partial charge in [0.2, 0.25) is 0 Å². The van der Waals surface area contributed by atoms with E-state index in [0.717, 1.165) is 10.8 Å². The number of hydrogen-bond acceptors (Lipinski definition) is 2. The van der Waals surface area contributed by atoms with E-state index in [1.165, 1.54) is 24.2 Å². The van der Waals surface area contributed by atoms with Crippen LogP contribution in [0.1, 0.15) is 25.3 Å². The molecule has 1 atom stereocenters. The van der Waals surface area contributed by atoms with Crippen molar-refractivity contribution in [1.82, 2.24) is 5.32 Å². The summed E-state index contributed by atoms with van der Waals surface area (Å²) in [4.78, 5) is 0. The van der Waals surface area contributed by atoms with E-state index < -0.39 is 0 Å². The van der Waals surface area contributed by atoms with Crippen LogP contribution in [0.5, 0.6) is 0 Å². The summed E-state index contributed by atoms with van der Waals surface area (Å²) in [5.74, 6) is 2.32. The highest BCUT2D eigenvalue weighted by atomic mass is 35.5. The molecule has 1 unspecified atom stereocenters. The van der Waals surface area contributed by atoms with Gasteiger partial charge in [0.15, 0.2) is 0 Å². The molecule has 0 aliphatic rings. The van der Waals surface area contributed by atoms with Gasteiger partial charge in [0.25, 0.3) is 0 Å². The molecule has 0 saturated heterocycles. The van der Waals surface area contributed by atoms with E-state index in [4.69, 9.17) is 11.6 Å². The molecule has 1 rings (SSSR count). The van der Waals surface area contributed by atoms with Gasteiger partial charge in [-0.3, -0.25) is 0 Å². The summed E-state index contributed by atoms with van der Waals surface area (Å²) in [5, 5.41) is 4.07. The highest BCUT2D eigenvalue weighted by molar-refractivity contribution is 7.98. The fraction of sp³-hybridized carbons (Fsp3) is 0.538. The zero-order valence-electron chi connectivity index (χ0n) is 10.0. The van der Waals surface area contributed by atoms with Crippen molar-refractivity contribution < 1.29 is 0 Å². The van der Waals surface area contributed by atoms with Gasteiger partial charge in [0, 0.05) is 16.8 Å². The van der Waals surface area contributed by atoms with Crippen LogP contribution in [-0.2, 0) is 5.75 Å². The summed E-state index contributed by atoms with van der Waals surface area (Å²) in [7, 11) is 2.02. The predicted octanol–water partition coefficient (Wildman–Crippen LogP) is 3.96. The summed E-state index contributed by atoms with van der Waals surface area (Å²) in [6, 6.07) is 8.76. The maximum absolute atomic E-state index is 5.83. The van der Waals surface area contributed by atoms with Gasteiger partial charge in [0.1, 0.15) is 0 Å². The molecular formula is C13H20ClNS. The van der Waals surface area contributed by atoms with Gasteiger partial charge in [-0.1, -0.05) is 23.7 Å². The molecule has 1 aromatic carbocycles. The standard InChI is InChI=1S/C13H20ClNS/c1-11(15-2)4-3-9-16-10-12-5-7-13(14)8-6-12/h5-8,11,15H,3-4,9-10H2,1-2H3. The fourth-order valence-corrected chi connectivity index (χ4v) is 2.48.